The number of aromatic amines is 2. The molecule has 2 N–H and O–H groups in total. The first-order valence-electron chi connectivity index (χ1n) is 5.41. The van der Waals surface area contributed by atoms with E-state index in [4.69, 9.17) is 17.0 Å². The molecular weight excluding hydrogens is 240 g/mol. The average molecular weight is 254 g/mol. The summed E-state index contributed by atoms with van der Waals surface area (Å²) in [5, 5.41) is 0. The van der Waals surface area contributed by atoms with Crippen LogP contribution in [0.1, 0.15) is 13.8 Å². The van der Waals surface area contributed by atoms with Gasteiger partial charge < -0.3 is 9.72 Å². The molecule has 7 heteroatoms. The van der Waals surface area contributed by atoms with Gasteiger partial charge in [-0.2, -0.15) is 0 Å². The van der Waals surface area contributed by atoms with Gasteiger partial charge in [-0.25, -0.2) is 4.98 Å². The molecule has 0 aliphatic heterocycles. The topological polar surface area (TPSA) is 75.7 Å². The van der Waals surface area contributed by atoms with Crippen LogP contribution in [0.5, 0.6) is 0 Å². The van der Waals surface area contributed by atoms with Crippen molar-refractivity contribution in [3.63, 3.8) is 0 Å². The lowest BCUT2D eigenvalue weighted by molar-refractivity contribution is 0.0642. The molecule has 0 fully saturated rings. The number of fused-ring (bicyclic) bond motifs is 1. The molecule has 2 aromatic rings. The lowest BCUT2D eigenvalue weighted by atomic mass is 10.4. The average Bonchev–Trinajstić information content (AvgIpc) is 2.73. The van der Waals surface area contributed by atoms with E-state index >= 15 is 0 Å². The Balaban J connectivity index is 2.49. The molecule has 0 saturated carbocycles. The first-order valence-corrected chi connectivity index (χ1v) is 5.82. The van der Waals surface area contributed by atoms with Crippen molar-refractivity contribution < 1.29 is 4.74 Å². The molecule has 0 radical (unpaired) electrons. The highest BCUT2D eigenvalue weighted by molar-refractivity contribution is 7.71. The summed E-state index contributed by atoms with van der Waals surface area (Å²) in [6.45, 7) is 5.09. The second-order valence-corrected chi connectivity index (χ2v) is 4.12. The first-order chi connectivity index (χ1) is 8.13. The molecule has 17 heavy (non-hydrogen) atoms. The molecule has 2 rings (SSSR count). The lowest BCUT2D eigenvalue weighted by Crippen LogP contribution is -2.21. The molecule has 6 nitrogen and oxygen atoms in total. The number of rotatable bonds is 4. The molecule has 2 heterocycles. The van der Waals surface area contributed by atoms with Gasteiger partial charge in [0.05, 0.1) is 19.0 Å². The molecule has 0 aromatic carbocycles. The van der Waals surface area contributed by atoms with E-state index < -0.39 is 0 Å². The predicted octanol–water partition coefficient (Wildman–Crippen LogP) is 1.21. The van der Waals surface area contributed by atoms with Crippen molar-refractivity contribution in [3.8, 4) is 0 Å². The Hall–Kier alpha value is -1.47. The molecular formula is C10H14N4O2S. The maximum Gasteiger partial charge on any atom is 0.277 e. The number of imidazole rings is 1. The van der Waals surface area contributed by atoms with Crippen molar-refractivity contribution in [1.82, 2.24) is 19.5 Å². The van der Waals surface area contributed by atoms with Crippen LogP contribution in [0.4, 0.5) is 0 Å². The largest absolute Gasteiger partial charge is 0.377 e. The highest BCUT2D eigenvalue weighted by atomic mass is 32.1. The fourth-order valence-corrected chi connectivity index (χ4v) is 2.00. The quantitative estimate of drug-likeness (QED) is 0.804. The molecule has 0 amide bonds. The summed E-state index contributed by atoms with van der Waals surface area (Å²) in [7, 11) is 0. The van der Waals surface area contributed by atoms with Crippen LogP contribution in [-0.2, 0) is 11.3 Å². The maximum atomic E-state index is 11.6. The van der Waals surface area contributed by atoms with E-state index in [1.165, 1.54) is 6.33 Å². The summed E-state index contributed by atoms with van der Waals surface area (Å²) in [6.07, 6.45) is 1.49. The number of H-pyrrole nitrogens is 2. The summed E-state index contributed by atoms with van der Waals surface area (Å²) >= 11 is 5.13. The van der Waals surface area contributed by atoms with Crippen LogP contribution in [0.3, 0.4) is 0 Å². The number of hydrogen-bond acceptors (Lipinski definition) is 4. The van der Waals surface area contributed by atoms with E-state index in [9.17, 15) is 4.79 Å². The van der Waals surface area contributed by atoms with E-state index in [2.05, 4.69) is 15.0 Å². The van der Waals surface area contributed by atoms with Crippen LogP contribution in [0.25, 0.3) is 11.2 Å². The van der Waals surface area contributed by atoms with Gasteiger partial charge in [0.25, 0.3) is 5.56 Å². The van der Waals surface area contributed by atoms with Crippen molar-refractivity contribution in [2.75, 3.05) is 6.61 Å². The summed E-state index contributed by atoms with van der Waals surface area (Å²) in [5.41, 5.74) is 0.746. The fraction of sp³-hybridized carbons (Fsp3) is 0.500. The van der Waals surface area contributed by atoms with Gasteiger partial charge in [0.15, 0.2) is 10.4 Å². The highest BCUT2D eigenvalue weighted by Crippen LogP contribution is 2.06. The van der Waals surface area contributed by atoms with Crippen molar-refractivity contribution in [3.05, 3.63) is 21.5 Å². The minimum atomic E-state index is -0.247. The molecule has 0 spiro atoms. The van der Waals surface area contributed by atoms with Crippen LogP contribution in [0, 0.1) is 4.77 Å². The van der Waals surface area contributed by atoms with Gasteiger partial charge in [-0.3, -0.25) is 14.3 Å². The normalized spacial score (nSPS) is 13.1. The van der Waals surface area contributed by atoms with Gasteiger partial charge in [-0.1, -0.05) is 0 Å². The van der Waals surface area contributed by atoms with Gasteiger partial charge in [0.2, 0.25) is 0 Å². The Morgan fingerprint density at radius 1 is 1.65 bits per heavy atom. The Morgan fingerprint density at radius 2 is 2.41 bits per heavy atom. The van der Waals surface area contributed by atoms with Crippen LogP contribution >= 0.6 is 12.2 Å². The summed E-state index contributed by atoms with van der Waals surface area (Å²) in [5.74, 6) is 0. The van der Waals surface area contributed by atoms with Crippen LogP contribution in [0.2, 0.25) is 0 Å². The van der Waals surface area contributed by atoms with Gasteiger partial charge in [0.1, 0.15) is 5.52 Å². The van der Waals surface area contributed by atoms with E-state index in [1.807, 2.05) is 13.8 Å². The maximum absolute atomic E-state index is 11.6. The third kappa shape index (κ3) is 2.29. The molecule has 0 aliphatic rings. The van der Waals surface area contributed by atoms with Gasteiger partial charge >= 0.3 is 0 Å². The smallest absolute Gasteiger partial charge is 0.277 e. The zero-order chi connectivity index (χ0) is 12.4. The third-order valence-corrected chi connectivity index (χ3v) is 2.78. The van der Waals surface area contributed by atoms with E-state index in [0.29, 0.717) is 29.1 Å². The molecule has 0 aliphatic carbocycles. The van der Waals surface area contributed by atoms with Gasteiger partial charge in [-0.15, -0.1) is 0 Å². The molecule has 92 valence electrons. The molecule has 0 unspecified atom stereocenters. The van der Waals surface area contributed by atoms with Gasteiger partial charge in [0, 0.05) is 6.61 Å². The molecule has 0 bridgehead atoms. The Morgan fingerprint density at radius 3 is 3.12 bits per heavy atom. The summed E-state index contributed by atoms with van der Waals surface area (Å²) in [4.78, 5) is 21.1. The number of aromatic nitrogens is 4. The Labute approximate surface area is 103 Å². The van der Waals surface area contributed by atoms with E-state index in [1.54, 1.807) is 4.57 Å². The van der Waals surface area contributed by atoms with Crippen LogP contribution < -0.4 is 5.56 Å². The lowest BCUT2D eigenvalue weighted by Gasteiger charge is -2.14. The zero-order valence-electron chi connectivity index (χ0n) is 9.69. The molecule has 1 atom stereocenters. The second kappa shape index (κ2) is 4.80. The standard InChI is InChI=1S/C10H14N4O2S/c1-3-16-6(2)4-14-8-7(11-5-12-8)9(15)13-10(14)17/h5-6H,3-4H2,1-2H3,(H,11,12)(H,13,15,17)/t6-/m0/s1. The minimum Gasteiger partial charge on any atom is -0.377 e. The number of hydrogen-bond donors (Lipinski definition) is 2. The van der Waals surface area contributed by atoms with Crippen molar-refractivity contribution >= 4 is 23.4 Å². The van der Waals surface area contributed by atoms with Crippen molar-refractivity contribution in [2.24, 2.45) is 0 Å². The summed E-state index contributed by atoms with van der Waals surface area (Å²) in [6, 6.07) is 0. The van der Waals surface area contributed by atoms with Crippen molar-refractivity contribution in [2.45, 2.75) is 26.5 Å². The first kappa shape index (κ1) is 12.0. The minimum absolute atomic E-state index is 0.0116. The van der Waals surface area contributed by atoms with E-state index in [-0.39, 0.29) is 11.7 Å². The molecule has 2 aromatic heterocycles. The Bertz CT molecular complexity index is 627. The summed E-state index contributed by atoms with van der Waals surface area (Å²) < 4.78 is 7.59. The van der Waals surface area contributed by atoms with Crippen molar-refractivity contribution in [1.29, 1.82) is 0 Å². The number of ether oxygens (including phenoxy) is 1. The monoisotopic (exact) mass is 254 g/mol. The number of nitrogens with one attached hydrogen (secondary N) is 2. The molecule has 0 saturated heterocycles. The number of nitrogens with zero attached hydrogens (tertiary/aromatic N) is 2. The highest BCUT2D eigenvalue weighted by Gasteiger charge is 2.10. The third-order valence-electron chi connectivity index (χ3n) is 2.46. The zero-order valence-corrected chi connectivity index (χ0v) is 10.5. The van der Waals surface area contributed by atoms with Crippen LogP contribution in [0.15, 0.2) is 11.1 Å². The fourth-order valence-electron chi connectivity index (χ4n) is 1.75. The van der Waals surface area contributed by atoms with Crippen LogP contribution in [-0.4, -0.2) is 32.2 Å². The van der Waals surface area contributed by atoms with Gasteiger partial charge in [-0.05, 0) is 26.1 Å². The SMILES string of the molecule is CCO[C@@H](C)Cn1c(=S)[nH]c(=O)c2[nH]cnc21. The second-order valence-electron chi connectivity index (χ2n) is 3.74. The van der Waals surface area contributed by atoms with E-state index in [0.717, 1.165) is 0 Å². The Kier molecular flexibility index (Phi) is 3.39. The predicted molar refractivity (Wildman–Crippen MR) is 66.6 cm³/mol.